The summed E-state index contributed by atoms with van der Waals surface area (Å²) in [7, 11) is 0. The Bertz CT molecular complexity index is 620. The quantitative estimate of drug-likeness (QED) is 0.675. The van der Waals surface area contributed by atoms with Gasteiger partial charge in [-0.15, -0.1) is 9.78 Å². The van der Waals surface area contributed by atoms with Gasteiger partial charge in [-0.3, -0.25) is 0 Å². The van der Waals surface area contributed by atoms with Crippen LogP contribution in [0, 0.1) is 11.3 Å². The molecular weight excluding hydrogens is 304 g/mol. The van der Waals surface area contributed by atoms with Gasteiger partial charge in [-0.05, 0) is 0 Å². The highest BCUT2D eigenvalue weighted by Crippen LogP contribution is 2.35. The second kappa shape index (κ2) is 4.53. The summed E-state index contributed by atoms with van der Waals surface area (Å²) in [6.07, 6.45) is 2.29. The van der Waals surface area contributed by atoms with Gasteiger partial charge in [0.05, 0.1) is 0 Å². The van der Waals surface area contributed by atoms with E-state index in [-0.39, 0.29) is 11.6 Å². The first-order chi connectivity index (χ1) is 8.43. The van der Waals surface area contributed by atoms with Crippen LogP contribution in [0.15, 0.2) is 12.7 Å². The molecule has 0 radical (unpaired) electrons. The standard InChI is InChI=1S/C7H2Cl3N7O/c8-7(9,10)5-14-4(1-11)17(15-5)6(18)16-3-12-2-13-16/h2-3H. The predicted molar refractivity (Wildman–Crippen MR) is 60.2 cm³/mol. The Hall–Kier alpha value is -1.69. The molecule has 0 amide bonds. The third-order valence-electron chi connectivity index (χ3n) is 1.76. The molecule has 2 heterocycles. The van der Waals surface area contributed by atoms with Gasteiger partial charge >= 0.3 is 6.03 Å². The summed E-state index contributed by atoms with van der Waals surface area (Å²) in [5.74, 6) is -0.602. The number of hydrogen-bond donors (Lipinski definition) is 0. The Morgan fingerprint density at radius 3 is 2.67 bits per heavy atom. The normalized spacial score (nSPS) is 11.2. The third-order valence-corrected chi connectivity index (χ3v) is 2.26. The van der Waals surface area contributed by atoms with Gasteiger partial charge in [-0.25, -0.2) is 9.78 Å². The molecule has 11 heteroatoms. The Balaban J connectivity index is 2.49. The van der Waals surface area contributed by atoms with Crippen molar-refractivity contribution in [2.45, 2.75) is 3.79 Å². The Morgan fingerprint density at radius 1 is 1.44 bits per heavy atom. The first kappa shape index (κ1) is 12.8. The van der Waals surface area contributed by atoms with Crippen LogP contribution in [-0.2, 0) is 3.79 Å². The highest BCUT2D eigenvalue weighted by atomic mass is 35.6. The van der Waals surface area contributed by atoms with Crippen LogP contribution in [0.3, 0.4) is 0 Å². The van der Waals surface area contributed by atoms with E-state index in [4.69, 9.17) is 40.1 Å². The van der Waals surface area contributed by atoms with E-state index in [1.807, 2.05) is 0 Å². The number of nitrogens with zero attached hydrogens (tertiary/aromatic N) is 7. The minimum absolute atomic E-state index is 0.280. The molecule has 0 saturated heterocycles. The molecular formula is C7H2Cl3N7O. The lowest BCUT2D eigenvalue weighted by Crippen LogP contribution is -2.23. The molecule has 18 heavy (non-hydrogen) atoms. The summed E-state index contributed by atoms with van der Waals surface area (Å²) >= 11 is 16.7. The molecule has 2 aromatic rings. The minimum atomic E-state index is -1.93. The van der Waals surface area contributed by atoms with E-state index in [1.165, 1.54) is 0 Å². The lowest BCUT2D eigenvalue weighted by Gasteiger charge is -2.03. The number of halogens is 3. The van der Waals surface area contributed by atoms with Crippen molar-refractivity contribution in [3.8, 4) is 6.07 Å². The van der Waals surface area contributed by atoms with Crippen LogP contribution < -0.4 is 0 Å². The van der Waals surface area contributed by atoms with Crippen molar-refractivity contribution in [2.75, 3.05) is 0 Å². The largest absolute Gasteiger partial charge is 0.373 e. The average Bonchev–Trinajstić information content (AvgIpc) is 2.96. The first-order valence-electron chi connectivity index (χ1n) is 4.27. The molecule has 0 aliphatic heterocycles. The van der Waals surface area contributed by atoms with Crippen LogP contribution >= 0.6 is 34.8 Å². The number of hydrogen-bond acceptors (Lipinski definition) is 6. The number of carbonyl (C=O) groups is 1. The molecule has 0 atom stereocenters. The van der Waals surface area contributed by atoms with E-state index in [1.54, 1.807) is 6.07 Å². The zero-order chi connectivity index (χ0) is 13.3. The van der Waals surface area contributed by atoms with Crippen molar-refractivity contribution >= 4 is 40.8 Å². The SMILES string of the molecule is N#Cc1nc(C(Cl)(Cl)Cl)nn1C(=O)n1cncn1. The molecule has 2 aromatic heterocycles. The Labute approximate surface area is 115 Å². The number of carbonyl (C=O) groups excluding carboxylic acids is 1. The van der Waals surface area contributed by atoms with Gasteiger partial charge in [0.2, 0.25) is 11.6 Å². The van der Waals surface area contributed by atoms with Crippen LogP contribution in [0.1, 0.15) is 11.6 Å². The van der Waals surface area contributed by atoms with Crippen molar-refractivity contribution < 1.29 is 4.79 Å². The van der Waals surface area contributed by atoms with Crippen LogP contribution in [0.4, 0.5) is 4.79 Å². The predicted octanol–water partition coefficient (Wildman–Crippen LogP) is 1.08. The fourth-order valence-electron chi connectivity index (χ4n) is 1.04. The zero-order valence-electron chi connectivity index (χ0n) is 8.33. The molecule has 0 unspecified atom stereocenters. The van der Waals surface area contributed by atoms with E-state index < -0.39 is 9.82 Å². The number of aromatic nitrogens is 6. The Morgan fingerprint density at radius 2 is 2.17 bits per heavy atom. The van der Waals surface area contributed by atoms with Crippen molar-refractivity contribution in [3.05, 3.63) is 24.3 Å². The highest BCUT2D eigenvalue weighted by Gasteiger charge is 2.31. The van der Waals surface area contributed by atoms with Crippen LogP contribution in [-0.4, -0.2) is 35.6 Å². The fraction of sp³-hybridized carbons (Fsp3) is 0.143. The minimum Gasteiger partial charge on any atom is -0.243 e. The van der Waals surface area contributed by atoms with Gasteiger partial charge < -0.3 is 0 Å². The lowest BCUT2D eigenvalue weighted by atomic mass is 10.6. The fourth-order valence-corrected chi connectivity index (χ4v) is 1.28. The van der Waals surface area contributed by atoms with Gasteiger partial charge in [0, 0.05) is 0 Å². The third kappa shape index (κ3) is 2.28. The molecule has 0 aliphatic rings. The van der Waals surface area contributed by atoms with Crippen LogP contribution in [0.25, 0.3) is 0 Å². The summed E-state index contributed by atoms with van der Waals surface area (Å²) in [5.41, 5.74) is 0. The van der Waals surface area contributed by atoms with E-state index in [0.717, 1.165) is 17.3 Å². The van der Waals surface area contributed by atoms with E-state index in [9.17, 15) is 4.79 Å². The maximum absolute atomic E-state index is 11.9. The molecule has 0 aromatic carbocycles. The van der Waals surface area contributed by atoms with Gasteiger partial charge in [-0.1, -0.05) is 34.8 Å². The monoisotopic (exact) mass is 305 g/mol. The maximum atomic E-state index is 11.9. The number of nitriles is 1. The lowest BCUT2D eigenvalue weighted by molar-refractivity contribution is 0.237. The van der Waals surface area contributed by atoms with Gasteiger partial charge in [0.1, 0.15) is 18.7 Å². The summed E-state index contributed by atoms with van der Waals surface area (Å²) < 4.78 is -0.400. The van der Waals surface area contributed by atoms with Gasteiger partial charge in [0.25, 0.3) is 3.79 Å². The maximum Gasteiger partial charge on any atom is 0.373 e. The summed E-state index contributed by atoms with van der Waals surface area (Å²) in [6.45, 7) is 0. The summed E-state index contributed by atoms with van der Waals surface area (Å²) in [4.78, 5) is 19.1. The van der Waals surface area contributed by atoms with Crippen molar-refractivity contribution in [1.29, 1.82) is 5.26 Å². The van der Waals surface area contributed by atoms with Crippen molar-refractivity contribution in [1.82, 2.24) is 29.5 Å². The molecule has 0 saturated carbocycles. The number of rotatable bonds is 0. The Kier molecular flexibility index (Phi) is 3.21. The second-order valence-corrected chi connectivity index (χ2v) is 5.18. The molecule has 0 fully saturated rings. The topological polar surface area (TPSA) is 102 Å². The molecule has 8 nitrogen and oxygen atoms in total. The van der Waals surface area contributed by atoms with Gasteiger partial charge in [-0.2, -0.15) is 20.0 Å². The average molecular weight is 306 g/mol. The first-order valence-corrected chi connectivity index (χ1v) is 5.40. The van der Waals surface area contributed by atoms with Crippen molar-refractivity contribution in [3.63, 3.8) is 0 Å². The smallest absolute Gasteiger partial charge is 0.243 e. The van der Waals surface area contributed by atoms with Gasteiger partial charge in [0.15, 0.2) is 0 Å². The molecule has 92 valence electrons. The molecule has 2 rings (SSSR count). The molecule has 0 spiro atoms. The van der Waals surface area contributed by atoms with Crippen molar-refractivity contribution in [2.24, 2.45) is 0 Å². The molecule has 0 N–H and O–H groups in total. The number of alkyl halides is 3. The highest BCUT2D eigenvalue weighted by molar-refractivity contribution is 6.66. The molecule has 0 bridgehead atoms. The van der Waals surface area contributed by atoms with E-state index >= 15 is 0 Å². The van der Waals surface area contributed by atoms with E-state index in [2.05, 4.69) is 20.2 Å². The zero-order valence-corrected chi connectivity index (χ0v) is 10.6. The summed E-state index contributed by atoms with van der Waals surface area (Å²) in [5, 5.41) is 16.1. The van der Waals surface area contributed by atoms with Crippen LogP contribution in [0.5, 0.6) is 0 Å². The van der Waals surface area contributed by atoms with E-state index in [0.29, 0.717) is 4.68 Å². The van der Waals surface area contributed by atoms with Crippen LogP contribution in [0.2, 0.25) is 0 Å². The summed E-state index contributed by atoms with van der Waals surface area (Å²) in [6, 6.07) is 0.895. The molecule has 0 aliphatic carbocycles. The second-order valence-electron chi connectivity index (χ2n) is 2.90.